The summed E-state index contributed by atoms with van der Waals surface area (Å²) in [4.78, 5) is 11.4. The number of piperidine rings is 1. The summed E-state index contributed by atoms with van der Waals surface area (Å²) in [5.74, 6) is 1.71. The van der Waals surface area contributed by atoms with Crippen LogP contribution in [0.2, 0.25) is 5.02 Å². The van der Waals surface area contributed by atoms with Gasteiger partial charge in [0.15, 0.2) is 5.82 Å². The van der Waals surface area contributed by atoms with Gasteiger partial charge >= 0.3 is 0 Å². The van der Waals surface area contributed by atoms with Gasteiger partial charge in [-0.2, -0.15) is 10.1 Å². The highest BCUT2D eigenvalue weighted by molar-refractivity contribution is 7.92. The van der Waals surface area contributed by atoms with Crippen LogP contribution in [0.4, 0.5) is 23.1 Å². The van der Waals surface area contributed by atoms with Crippen LogP contribution < -0.4 is 15.4 Å². The third-order valence-corrected chi connectivity index (χ3v) is 10.1. The van der Waals surface area contributed by atoms with Crippen LogP contribution in [0.3, 0.4) is 0 Å². The van der Waals surface area contributed by atoms with E-state index < -0.39 is 15.1 Å². The highest BCUT2D eigenvalue weighted by Crippen LogP contribution is 2.40. The highest BCUT2D eigenvalue weighted by atomic mass is 35.5. The van der Waals surface area contributed by atoms with Crippen LogP contribution in [-0.2, 0) is 16.9 Å². The molecule has 1 aliphatic heterocycles. The Kier molecular flexibility index (Phi) is 9.20. The molecule has 1 saturated heterocycles. The molecule has 2 N–H and O–H groups in total. The summed E-state index contributed by atoms with van der Waals surface area (Å²) in [5, 5.41) is 10.1. The minimum Gasteiger partial charge on any atom is -0.489 e. The SMILES string of the molecule is Cc1cc(Nc2ncc(Cl)c(Nc3cn(C)nc3S(=O)(=O)C(C)C)n2)c(OC(C)C)cc1C1CC(C)N(C)C(C)C1. The lowest BCUT2D eigenvalue weighted by Gasteiger charge is -2.41. The molecular weight excluding hydrogens is 562 g/mol. The molecule has 10 nitrogen and oxygen atoms in total. The quantitative estimate of drug-likeness (QED) is 0.294. The summed E-state index contributed by atoms with van der Waals surface area (Å²) < 4.78 is 33.5. The molecule has 12 heteroatoms. The molecule has 0 aliphatic carbocycles. The fourth-order valence-electron chi connectivity index (χ4n) is 5.28. The number of sulfone groups is 1. The van der Waals surface area contributed by atoms with Gasteiger partial charge in [-0.1, -0.05) is 11.6 Å². The molecular formula is C29H42ClN7O3S. The van der Waals surface area contributed by atoms with Crippen molar-refractivity contribution in [3.8, 4) is 5.75 Å². The van der Waals surface area contributed by atoms with Crippen LogP contribution in [0, 0.1) is 6.92 Å². The Labute approximate surface area is 248 Å². The number of nitrogens with zero attached hydrogens (tertiary/aromatic N) is 5. The number of ether oxygens (including phenoxy) is 1. The van der Waals surface area contributed by atoms with E-state index in [9.17, 15) is 8.42 Å². The first-order valence-corrected chi connectivity index (χ1v) is 16.0. The van der Waals surface area contributed by atoms with Gasteiger partial charge < -0.3 is 20.3 Å². The van der Waals surface area contributed by atoms with Crippen molar-refractivity contribution in [3.63, 3.8) is 0 Å². The maximum absolute atomic E-state index is 12.9. The van der Waals surface area contributed by atoms with E-state index in [0.717, 1.165) is 24.3 Å². The third-order valence-electron chi connectivity index (χ3n) is 7.74. The molecule has 224 valence electrons. The predicted octanol–water partition coefficient (Wildman–Crippen LogP) is 6.21. The normalized spacial score (nSPS) is 20.0. The number of hydrogen-bond donors (Lipinski definition) is 2. The minimum absolute atomic E-state index is 0.0308. The Morgan fingerprint density at radius 1 is 1.05 bits per heavy atom. The maximum Gasteiger partial charge on any atom is 0.229 e. The van der Waals surface area contributed by atoms with E-state index in [0.29, 0.717) is 23.7 Å². The lowest BCUT2D eigenvalue weighted by atomic mass is 9.81. The zero-order chi connectivity index (χ0) is 30.2. The van der Waals surface area contributed by atoms with E-state index >= 15 is 0 Å². The first kappa shape index (κ1) is 31.1. The molecule has 4 rings (SSSR count). The number of anilines is 4. The molecule has 2 aromatic heterocycles. The monoisotopic (exact) mass is 603 g/mol. The maximum atomic E-state index is 12.9. The lowest BCUT2D eigenvalue weighted by Crippen LogP contribution is -2.43. The number of halogens is 1. The van der Waals surface area contributed by atoms with Crippen molar-refractivity contribution >= 4 is 44.6 Å². The average molecular weight is 604 g/mol. The number of aromatic nitrogens is 4. The molecule has 3 aromatic rings. The summed E-state index contributed by atoms with van der Waals surface area (Å²) in [6, 6.07) is 5.24. The number of hydrogen-bond acceptors (Lipinski definition) is 9. The van der Waals surface area contributed by atoms with Crippen LogP contribution in [0.5, 0.6) is 5.75 Å². The summed E-state index contributed by atoms with van der Waals surface area (Å²) in [6.45, 7) is 13.9. The van der Waals surface area contributed by atoms with Crippen molar-refractivity contribution < 1.29 is 13.2 Å². The highest BCUT2D eigenvalue weighted by Gasteiger charge is 2.31. The van der Waals surface area contributed by atoms with Gasteiger partial charge in [0.25, 0.3) is 0 Å². The van der Waals surface area contributed by atoms with Crippen molar-refractivity contribution in [2.24, 2.45) is 7.05 Å². The van der Waals surface area contributed by atoms with Gasteiger partial charge in [-0.3, -0.25) is 4.68 Å². The standard InChI is InChI=1S/C29H42ClN7O3S/c1-16(2)40-26-13-22(21-11-19(6)37(9)20(7)12-21)18(5)10-24(26)33-29-31-14-23(30)27(34-29)32-25-15-36(8)35-28(25)41(38,39)17(3)4/h10,13-17,19-21H,11-12H2,1-9H3,(H2,31,32,33,34). The summed E-state index contributed by atoms with van der Waals surface area (Å²) in [6.07, 6.45) is 5.21. The molecule has 2 atom stereocenters. The molecule has 1 fully saturated rings. The van der Waals surface area contributed by atoms with Crippen LogP contribution in [-0.4, -0.2) is 63.6 Å². The Balaban J connectivity index is 1.66. The number of aryl methyl sites for hydroxylation is 2. The van der Waals surface area contributed by atoms with Crippen molar-refractivity contribution in [2.75, 3.05) is 17.7 Å². The van der Waals surface area contributed by atoms with Crippen LogP contribution >= 0.6 is 11.6 Å². The second kappa shape index (κ2) is 12.1. The molecule has 2 unspecified atom stereocenters. The lowest BCUT2D eigenvalue weighted by molar-refractivity contribution is 0.122. The molecule has 1 aromatic carbocycles. The second-order valence-corrected chi connectivity index (χ2v) is 14.5. The Morgan fingerprint density at radius 3 is 2.32 bits per heavy atom. The molecule has 0 spiro atoms. The van der Waals surface area contributed by atoms with Gasteiger partial charge in [0.1, 0.15) is 10.8 Å². The Hall–Kier alpha value is -2.89. The molecule has 0 radical (unpaired) electrons. The smallest absolute Gasteiger partial charge is 0.229 e. The Morgan fingerprint density at radius 2 is 1.71 bits per heavy atom. The largest absolute Gasteiger partial charge is 0.489 e. The van der Waals surface area contributed by atoms with Gasteiger partial charge in [-0.05, 0) is 97.5 Å². The van der Waals surface area contributed by atoms with Gasteiger partial charge in [0.2, 0.25) is 20.8 Å². The van der Waals surface area contributed by atoms with E-state index in [1.54, 1.807) is 27.1 Å². The van der Waals surface area contributed by atoms with Crippen LogP contribution in [0.25, 0.3) is 0 Å². The zero-order valence-electron chi connectivity index (χ0n) is 25.4. The fourth-order valence-corrected chi connectivity index (χ4v) is 6.52. The average Bonchev–Trinajstić information content (AvgIpc) is 3.26. The second-order valence-electron chi connectivity index (χ2n) is 11.7. The summed E-state index contributed by atoms with van der Waals surface area (Å²) in [5.41, 5.74) is 3.50. The summed E-state index contributed by atoms with van der Waals surface area (Å²) in [7, 11) is 0.222. The van der Waals surface area contributed by atoms with E-state index in [-0.39, 0.29) is 27.9 Å². The minimum atomic E-state index is -3.64. The molecule has 41 heavy (non-hydrogen) atoms. The Bertz CT molecular complexity index is 1490. The van der Waals surface area contributed by atoms with Gasteiger partial charge in [0.05, 0.1) is 28.9 Å². The number of likely N-dealkylation sites (tertiary alicyclic amines) is 1. The van der Waals surface area contributed by atoms with Crippen molar-refractivity contribution in [3.05, 3.63) is 40.7 Å². The molecule has 1 aliphatic rings. The molecule has 0 bridgehead atoms. The first-order chi connectivity index (χ1) is 19.2. The molecule has 0 saturated carbocycles. The number of benzene rings is 1. The van der Waals surface area contributed by atoms with Gasteiger partial charge in [-0.15, -0.1) is 0 Å². The molecule has 0 amide bonds. The number of nitrogens with one attached hydrogen (secondary N) is 2. The van der Waals surface area contributed by atoms with Gasteiger partial charge in [-0.25, -0.2) is 13.4 Å². The fraction of sp³-hybridized carbons (Fsp3) is 0.552. The summed E-state index contributed by atoms with van der Waals surface area (Å²) >= 11 is 6.43. The van der Waals surface area contributed by atoms with E-state index in [1.807, 2.05) is 13.8 Å². The topological polar surface area (TPSA) is 114 Å². The third kappa shape index (κ3) is 6.79. The van der Waals surface area contributed by atoms with E-state index in [2.05, 4.69) is 70.6 Å². The predicted molar refractivity (Wildman–Crippen MR) is 165 cm³/mol. The zero-order valence-corrected chi connectivity index (χ0v) is 26.9. The van der Waals surface area contributed by atoms with E-state index in [1.165, 1.54) is 22.0 Å². The van der Waals surface area contributed by atoms with Crippen molar-refractivity contribution in [2.45, 2.75) is 95.7 Å². The van der Waals surface area contributed by atoms with Crippen molar-refractivity contribution in [1.29, 1.82) is 0 Å². The first-order valence-electron chi connectivity index (χ1n) is 14.0. The van der Waals surface area contributed by atoms with Crippen LogP contribution in [0.15, 0.2) is 29.6 Å². The van der Waals surface area contributed by atoms with Gasteiger partial charge in [0, 0.05) is 25.3 Å². The van der Waals surface area contributed by atoms with Crippen molar-refractivity contribution in [1.82, 2.24) is 24.6 Å². The number of rotatable bonds is 9. The molecule has 3 heterocycles. The van der Waals surface area contributed by atoms with Crippen LogP contribution in [0.1, 0.15) is 71.4 Å². The van der Waals surface area contributed by atoms with E-state index in [4.69, 9.17) is 16.3 Å².